The van der Waals surface area contributed by atoms with Crippen LogP contribution in [0.3, 0.4) is 0 Å². The molecule has 2 rings (SSSR count). The van der Waals surface area contributed by atoms with E-state index < -0.39 is 5.97 Å². The summed E-state index contributed by atoms with van der Waals surface area (Å²) in [5.74, 6) is 1.04. The molecule has 1 N–H and O–H groups in total. The molecule has 0 fully saturated rings. The third kappa shape index (κ3) is 6.27. The van der Waals surface area contributed by atoms with Gasteiger partial charge in [0.25, 0.3) is 0 Å². The number of carbonyl (C=O) groups is 2. The molecule has 0 heterocycles. The molecule has 0 unspecified atom stereocenters. The van der Waals surface area contributed by atoms with Gasteiger partial charge in [-0.1, -0.05) is 37.0 Å². The van der Waals surface area contributed by atoms with E-state index >= 15 is 0 Å². The average molecular weight is 440 g/mol. The maximum atomic E-state index is 11.9. The van der Waals surface area contributed by atoms with E-state index in [1.54, 1.807) is 13.2 Å². The Balaban J connectivity index is 2.16. The summed E-state index contributed by atoms with van der Waals surface area (Å²) in [6, 6.07) is 8.53. The first-order valence-corrected chi connectivity index (χ1v) is 9.72. The van der Waals surface area contributed by atoms with Crippen LogP contribution in [0.4, 0.5) is 5.69 Å². The number of benzene rings is 2. The molecule has 0 saturated heterocycles. The molecule has 2 aromatic rings. The van der Waals surface area contributed by atoms with E-state index in [1.807, 2.05) is 12.1 Å². The molecule has 0 aromatic heterocycles. The Labute approximate surface area is 180 Å². The summed E-state index contributed by atoms with van der Waals surface area (Å²) < 4.78 is 15.8. The zero-order chi connectivity index (χ0) is 21.6. The van der Waals surface area contributed by atoms with E-state index in [-0.39, 0.29) is 40.5 Å². The lowest BCUT2D eigenvalue weighted by molar-refractivity contribution is -0.141. The predicted octanol–water partition coefficient (Wildman–Crippen LogP) is 5.81. The van der Waals surface area contributed by atoms with Crippen molar-refractivity contribution in [2.75, 3.05) is 19.5 Å². The van der Waals surface area contributed by atoms with E-state index in [4.69, 9.17) is 32.7 Å². The first-order chi connectivity index (χ1) is 13.7. The predicted molar refractivity (Wildman–Crippen MR) is 113 cm³/mol. The third-order valence-corrected chi connectivity index (χ3v) is 4.67. The highest BCUT2D eigenvalue weighted by molar-refractivity contribution is 6.37. The third-order valence-electron chi connectivity index (χ3n) is 4.11. The Hall–Kier alpha value is -2.44. The molecule has 0 aliphatic rings. The molecule has 0 atom stereocenters. The van der Waals surface area contributed by atoms with E-state index in [0.29, 0.717) is 11.4 Å². The van der Waals surface area contributed by atoms with Crippen LogP contribution in [-0.4, -0.2) is 26.1 Å². The van der Waals surface area contributed by atoms with Crippen molar-refractivity contribution in [2.45, 2.75) is 32.6 Å². The molecular formula is C21H23Cl2NO5. The van der Waals surface area contributed by atoms with E-state index in [1.165, 1.54) is 19.2 Å². The number of hydrogen-bond donors (Lipinski definition) is 1. The highest BCUT2D eigenvalue weighted by Gasteiger charge is 2.15. The van der Waals surface area contributed by atoms with Crippen LogP contribution in [0.15, 0.2) is 30.3 Å². The summed E-state index contributed by atoms with van der Waals surface area (Å²) in [5, 5.41) is 3.12. The lowest BCUT2D eigenvalue weighted by Gasteiger charge is -2.16. The molecule has 1 amide bonds. The number of halogens is 2. The largest absolute Gasteiger partial charge is 0.496 e. The van der Waals surface area contributed by atoms with Crippen molar-refractivity contribution >= 4 is 40.8 Å². The smallest absolute Gasteiger partial charge is 0.306 e. The van der Waals surface area contributed by atoms with Gasteiger partial charge in [-0.2, -0.15) is 0 Å². The number of methoxy groups -OCH3 is 2. The van der Waals surface area contributed by atoms with E-state index in [9.17, 15) is 9.59 Å². The van der Waals surface area contributed by atoms with Gasteiger partial charge in [-0.05, 0) is 36.2 Å². The van der Waals surface area contributed by atoms with Crippen LogP contribution in [0.5, 0.6) is 17.2 Å². The van der Waals surface area contributed by atoms with Crippen LogP contribution in [0.2, 0.25) is 10.0 Å². The van der Waals surface area contributed by atoms with Gasteiger partial charge in [0.15, 0.2) is 5.75 Å². The highest BCUT2D eigenvalue weighted by Crippen LogP contribution is 2.40. The zero-order valence-corrected chi connectivity index (χ0v) is 18.2. The summed E-state index contributed by atoms with van der Waals surface area (Å²) in [4.78, 5) is 23.1. The van der Waals surface area contributed by atoms with Gasteiger partial charge in [-0.3, -0.25) is 9.59 Å². The quantitative estimate of drug-likeness (QED) is 0.525. The van der Waals surface area contributed by atoms with Gasteiger partial charge in [0.05, 0.1) is 30.7 Å². The molecule has 2 aromatic carbocycles. The fraction of sp³-hybridized carbons (Fsp3) is 0.333. The molecule has 0 aliphatic carbocycles. The van der Waals surface area contributed by atoms with Gasteiger partial charge in [-0.25, -0.2) is 0 Å². The molecule has 29 heavy (non-hydrogen) atoms. The number of anilines is 1. The molecule has 0 aliphatic heterocycles. The second kappa shape index (κ2) is 10.4. The Morgan fingerprint density at radius 3 is 2.24 bits per heavy atom. The van der Waals surface area contributed by atoms with E-state index in [2.05, 4.69) is 23.9 Å². The number of nitrogens with one attached hydrogen (secondary N) is 1. The first-order valence-electron chi connectivity index (χ1n) is 8.96. The minimum absolute atomic E-state index is 0.00993. The standard InChI is InChI=1S/C21H23Cl2NO5/c1-12(2)15-11-14(5-6-18(15)27-3)29-21-16(22)9-13(10-17(21)23)24-19(25)7-8-20(26)28-4/h5-6,9-12H,7-8H2,1-4H3,(H,24,25). The van der Waals surface area contributed by atoms with Crippen LogP contribution in [0, 0.1) is 0 Å². The number of carbonyl (C=O) groups excluding carboxylic acids is 2. The molecule has 156 valence electrons. The van der Waals surface area contributed by atoms with Crippen LogP contribution >= 0.6 is 23.2 Å². The molecule has 0 radical (unpaired) electrons. The minimum atomic E-state index is -0.458. The molecule has 0 bridgehead atoms. The van der Waals surface area contributed by atoms with Gasteiger partial charge in [0, 0.05) is 17.7 Å². The van der Waals surface area contributed by atoms with Crippen molar-refractivity contribution in [1.82, 2.24) is 0 Å². The monoisotopic (exact) mass is 439 g/mol. The number of amides is 1. The van der Waals surface area contributed by atoms with Crippen LogP contribution in [-0.2, 0) is 14.3 Å². The SMILES string of the molecule is COC(=O)CCC(=O)Nc1cc(Cl)c(Oc2ccc(OC)c(C(C)C)c2)c(Cl)c1. The summed E-state index contributed by atoms with van der Waals surface area (Å²) in [6.07, 6.45) is -0.0232. The van der Waals surface area contributed by atoms with Gasteiger partial charge in [0.1, 0.15) is 11.5 Å². The van der Waals surface area contributed by atoms with Crippen molar-refractivity contribution in [3.63, 3.8) is 0 Å². The van der Waals surface area contributed by atoms with Gasteiger partial charge in [0.2, 0.25) is 5.91 Å². The molecule has 6 nitrogen and oxygen atoms in total. The topological polar surface area (TPSA) is 73.9 Å². The number of rotatable bonds is 8. The minimum Gasteiger partial charge on any atom is -0.496 e. The second-order valence-electron chi connectivity index (χ2n) is 6.55. The fourth-order valence-corrected chi connectivity index (χ4v) is 3.18. The molecule has 0 saturated carbocycles. The van der Waals surface area contributed by atoms with Crippen molar-refractivity contribution in [1.29, 1.82) is 0 Å². The number of ether oxygens (including phenoxy) is 3. The Bertz CT molecular complexity index is 876. The van der Waals surface area contributed by atoms with Crippen molar-refractivity contribution in [3.8, 4) is 17.2 Å². The summed E-state index contributed by atoms with van der Waals surface area (Å²) >= 11 is 12.6. The number of esters is 1. The molecule has 0 spiro atoms. The maximum Gasteiger partial charge on any atom is 0.306 e. The highest BCUT2D eigenvalue weighted by atomic mass is 35.5. The maximum absolute atomic E-state index is 11.9. The summed E-state index contributed by atoms with van der Waals surface area (Å²) in [7, 11) is 2.89. The lowest BCUT2D eigenvalue weighted by atomic mass is 10.0. The van der Waals surface area contributed by atoms with Crippen molar-refractivity contribution in [3.05, 3.63) is 45.9 Å². The lowest BCUT2D eigenvalue weighted by Crippen LogP contribution is -2.14. The first kappa shape index (κ1) is 22.8. The Kier molecular flexibility index (Phi) is 8.17. The van der Waals surface area contributed by atoms with Gasteiger partial charge >= 0.3 is 5.97 Å². The number of hydrogen-bond acceptors (Lipinski definition) is 5. The van der Waals surface area contributed by atoms with Crippen LogP contribution < -0.4 is 14.8 Å². The Morgan fingerprint density at radius 1 is 1.03 bits per heavy atom. The van der Waals surface area contributed by atoms with Crippen LogP contribution in [0.1, 0.15) is 38.2 Å². The fourth-order valence-electron chi connectivity index (χ4n) is 2.62. The van der Waals surface area contributed by atoms with E-state index in [0.717, 1.165) is 11.3 Å². The normalized spacial score (nSPS) is 10.6. The van der Waals surface area contributed by atoms with Crippen LogP contribution in [0.25, 0.3) is 0 Å². The molecular weight excluding hydrogens is 417 g/mol. The second-order valence-corrected chi connectivity index (χ2v) is 7.37. The van der Waals surface area contributed by atoms with Gasteiger partial charge in [-0.15, -0.1) is 0 Å². The van der Waals surface area contributed by atoms with Crippen molar-refractivity contribution in [2.24, 2.45) is 0 Å². The summed E-state index contributed by atoms with van der Waals surface area (Å²) in [6.45, 7) is 4.11. The zero-order valence-electron chi connectivity index (χ0n) is 16.7. The van der Waals surface area contributed by atoms with Crippen molar-refractivity contribution < 1.29 is 23.8 Å². The molecule has 8 heteroatoms. The van der Waals surface area contributed by atoms with Gasteiger partial charge < -0.3 is 19.5 Å². The Morgan fingerprint density at radius 2 is 1.69 bits per heavy atom. The average Bonchev–Trinajstić information content (AvgIpc) is 2.68. The summed E-state index contributed by atoms with van der Waals surface area (Å²) in [5.41, 5.74) is 1.39.